The molecule has 3 aromatic rings. The molecule has 5 rings (SSSR count). The molecular formula is C27H29BF2N2O5. The molecule has 0 radical (unpaired) electrons. The summed E-state index contributed by atoms with van der Waals surface area (Å²) in [4.78, 5) is 25.7. The van der Waals surface area contributed by atoms with E-state index in [9.17, 15) is 18.4 Å². The summed E-state index contributed by atoms with van der Waals surface area (Å²) >= 11 is 0. The van der Waals surface area contributed by atoms with E-state index in [2.05, 4.69) is 6.92 Å². The van der Waals surface area contributed by atoms with Crippen molar-refractivity contribution < 1.29 is 27.7 Å². The fraction of sp³-hybridized carbons (Fsp3) is 0.407. The molecule has 1 saturated carbocycles. The molecule has 2 heterocycles. The van der Waals surface area contributed by atoms with Gasteiger partial charge in [0.05, 0.1) is 24.2 Å². The summed E-state index contributed by atoms with van der Waals surface area (Å²) in [7, 11) is 0. The number of aromatic nitrogens is 1. The van der Waals surface area contributed by atoms with Crippen LogP contribution in [0.2, 0.25) is 5.82 Å². The van der Waals surface area contributed by atoms with Gasteiger partial charge in [-0.15, -0.1) is 0 Å². The Hall–Kier alpha value is -3.24. The summed E-state index contributed by atoms with van der Waals surface area (Å²) in [5.74, 6) is -0.505. The molecule has 194 valence electrons. The predicted octanol–water partition coefficient (Wildman–Crippen LogP) is 4.73. The maximum absolute atomic E-state index is 13.7. The summed E-state index contributed by atoms with van der Waals surface area (Å²) in [5.41, 5.74) is 8.57. The third-order valence-corrected chi connectivity index (χ3v) is 7.21. The zero-order valence-corrected chi connectivity index (χ0v) is 20.8. The molecule has 10 heteroatoms. The van der Waals surface area contributed by atoms with Gasteiger partial charge < -0.3 is 24.4 Å². The molecule has 1 aliphatic carbocycles. The van der Waals surface area contributed by atoms with E-state index in [0.717, 1.165) is 24.8 Å². The van der Waals surface area contributed by atoms with Gasteiger partial charge >= 0.3 is 19.5 Å². The summed E-state index contributed by atoms with van der Waals surface area (Å²) in [6, 6.07) is 9.03. The molecule has 1 aliphatic heterocycles. The number of rotatable bonds is 8. The number of pyridine rings is 1. The van der Waals surface area contributed by atoms with Gasteiger partial charge in [0, 0.05) is 17.8 Å². The van der Waals surface area contributed by atoms with E-state index in [1.54, 1.807) is 23.6 Å². The van der Waals surface area contributed by atoms with Gasteiger partial charge in [-0.25, -0.2) is 4.79 Å². The number of esters is 1. The first-order valence-electron chi connectivity index (χ1n) is 12.6. The molecule has 1 fully saturated rings. The zero-order chi connectivity index (χ0) is 26.3. The van der Waals surface area contributed by atoms with Crippen LogP contribution < -0.4 is 15.9 Å². The highest BCUT2D eigenvalue weighted by molar-refractivity contribution is 6.53. The Balaban J connectivity index is 1.69. The molecule has 1 atom stereocenters. The maximum Gasteiger partial charge on any atom is 0.387 e. The second-order valence-electron chi connectivity index (χ2n) is 9.69. The minimum absolute atomic E-state index is 0.0225. The number of nitrogens with zero attached hydrogens (tertiary/aromatic N) is 1. The number of carbonyl (C=O) groups is 1. The van der Waals surface area contributed by atoms with Gasteiger partial charge in [0.1, 0.15) is 5.56 Å². The van der Waals surface area contributed by atoms with Crippen molar-refractivity contribution in [1.82, 2.24) is 4.57 Å². The second-order valence-corrected chi connectivity index (χ2v) is 9.69. The first-order valence-corrected chi connectivity index (χ1v) is 12.6. The van der Waals surface area contributed by atoms with Crippen LogP contribution >= 0.6 is 0 Å². The van der Waals surface area contributed by atoms with Crippen LogP contribution in [-0.4, -0.2) is 37.4 Å². The molecule has 0 bridgehead atoms. The third-order valence-electron chi connectivity index (χ3n) is 7.21. The van der Waals surface area contributed by atoms with Crippen molar-refractivity contribution in [3.8, 4) is 16.9 Å². The SMILES string of the molecule is CCOC(=O)c1cn(C2CC2)c2c(OC(F)F)c(-c3ccc4c(c3)CB(OCN)C(C)C4)ccc2c1=O. The minimum Gasteiger partial charge on any atom is -0.462 e. The molecule has 0 spiro atoms. The number of halogens is 2. The second kappa shape index (κ2) is 10.3. The Morgan fingerprint density at radius 3 is 2.68 bits per heavy atom. The Morgan fingerprint density at radius 1 is 1.22 bits per heavy atom. The lowest BCUT2D eigenvalue weighted by Gasteiger charge is -2.28. The number of fused-ring (bicyclic) bond motifs is 2. The molecule has 2 aliphatic rings. The van der Waals surface area contributed by atoms with Crippen molar-refractivity contribution in [3.05, 3.63) is 63.4 Å². The van der Waals surface area contributed by atoms with E-state index in [4.69, 9.17) is 19.9 Å². The molecule has 2 aromatic carbocycles. The smallest absolute Gasteiger partial charge is 0.387 e. The fourth-order valence-electron chi connectivity index (χ4n) is 5.27. The van der Waals surface area contributed by atoms with Crippen molar-refractivity contribution in [2.45, 2.75) is 57.9 Å². The molecule has 1 unspecified atom stereocenters. The number of nitrogens with two attached hydrogens (primary N) is 1. The Labute approximate surface area is 213 Å². The molecule has 0 saturated heterocycles. The largest absolute Gasteiger partial charge is 0.462 e. The van der Waals surface area contributed by atoms with Crippen LogP contribution in [0.1, 0.15) is 54.2 Å². The Kier molecular flexibility index (Phi) is 7.05. The van der Waals surface area contributed by atoms with Crippen LogP contribution in [0, 0.1) is 0 Å². The highest BCUT2D eigenvalue weighted by Gasteiger charge is 2.32. The number of hydrogen-bond acceptors (Lipinski definition) is 6. The average Bonchev–Trinajstić information content (AvgIpc) is 3.70. The van der Waals surface area contributed by atoms with Crippen molar-refractivity contribution in [2.24, 2.45) is 5.73 Å². The first-order chi connectivity index (χ1) is 17.8. The number of hydrogen-bond donors (Lipinski definition) is 1. The average molecular weight is 510 g/mol. The number of benzene rings is 2. The van der Waals surface area contributed by atoms with Gasteiger partial charge in [0.2, 0.25) is 5.43 Å². The number of alkyl halides is 2. The van der Waals surface area contributed by atoms with E-state index in [0.29, 0.717) is 23.3 Å². The summed E-state index contributed by atoms with van der Waals surface area (Å²) in [6.07, 6.45) is 4.52. The number of ether oxygens (including phenoxy) is 2. The van der Waals surface area contributed by atoms with Crippen LogP contribution in [0.4, 0.5) is 8.78 Å². The Bertz CT molecular complexity index is 1410. The highest BCUT2D eigenvalue weighted by atomic mass is 19.3. The lowest BCUT2D eigenvalue weighted by Crippen LogP contribution is -2.34. The minimum atomic E-state index is -3.10. The van der Waals surface area contributed by atoms with Gasteiger partial charge in [-0.3, -0.25) is 4.79 Å². The van der Waals surface area contributed by atoms with E-state index < -0.39 is 18.0 Å². The van der Waals surface area contributed by atoms with Gasteiger partial charge in [-0.05, 0) is 67.1 Å². The topological polar surface area (TPSA) is 92.8 Å². The van der Waals surface area contributed by atoms with Crippen LogP contribution in [-0.2, 0) is 22.1 Å². The van der Waals surface area contributed by atoms with Crippen molar-refractivity contribution in [2.75, 3.05) is 13.3 Å². The molecule has 2 N–H and O–H groups in total. The monoisotopic (exact) mass is 510 g/mol. The molecule has 37 heavy (non-hydrogen) atoms. The molecule has 7 nitrogen and oxygen atoms in total. The summed E-state index contributed by atoms with van der Waals surface area (Å²) < 4.78 is 45.1. The first kappa shape index (κ1) is 25.4. The van der Waals surface area contributed by atoms with Crippen LogP contribution in [0.25, 0.3) is 22.0 Å². The fourth-order valence-corrected chi connectivity index (χ4v) is 5.27. The van der Waals surface area contributed by atoms with E-state index in [-0.39, 0.29) is 48.5 Å². The predicted molar refractivity (Wildman–Crippen MR) is 137 cm³/mol. The van der Waals surface area contributed by atoms with Crippen molar-refractivity contribution in [1.29, 1.82) is 0 Å². The Morgan fingerprint density at radius 2 is 2.00 bits per heavy atom. The van der Waals surface area contributed by atoms with Crippen LogP contribution in [0.5, 0.6) is 5.75 Å². The van der Waals surface area contributed by atoms with Gasteiger partial charge in [-0.1, -0.05) is 25.1 Å². The normalized spacial score (nSPS) is 17.2. The summed E-state index contributed by atoms with van der Waals surface area (Å²) in [6.45, 7) is 0.903. The lowest BCUT2D eigenvalue weighted by molar-refractivity contribution is -0.0486. The van der Waals surface area contributed by atoms with Crippen molar-refractivity contribution >= 4 is 23.8 Å². The van der Waals surface area contributed by atoms with E-state index >= 15 is 0 Å². The molecule has 0 amide bonds. The standard InChI is InChI=1S/C27H29BF2N2O5/c1-3-35-26(34)22-13-32(19-6-7-19)23-21(24(22)33)9-8-20(25(23)37-27(29)30)17-5-4-16-10-15(2)28(36-14-31)12-18(16)11-17/h4-5,8-9,11,13,15,19,27H,3,6-7,10,12,14,31H2,1-2H3. The van der Waals surface area contributed by atoms with Crippen LogP contribution in [0.3, 0.4) is 0 Å². The third kappa shape index (κ3) is 4.87. The van der Waals surface area contributed by atoms with Crippen LogP contribution in [0.15, 0.2) is 41.3 Å². The van der Waals surface area contributed by atoms with E-state index in [1.807, 2.05) is 18.2 Å². The van der Waals surface area contributed by atoms with Gasteiger partial charge in [0.15, 0.2) is 5.75 Å². The lowest BCUT2D eigenvalue weighted by atomic mass is 9.48. The zero-order valence-electron chi connectivity index (χ0n) is 20.8. The van der Waals surface area contributed by atoms with Gasteiger partial charge in [-0.2, -0.15) is 8.78 Å². The molecule has 1 aromatic heterocycles. The van der Waals surface area contributed by atoms with Crippen molar-refractivity contribution in [3.63, 3.8) is 0 Å². The summed E-state index contributed by atoms with van der Waals surface area (Å²) in [5, 5.41) is 0.139. The quantitative estimate of drug-likeness (QED) is 0.268. The molecular weight excluding hydrogens is 481 g/mol. The maximum atomic E-state index is 13.7. The van der Waals surface area contributed by atoms with Gasteiger partial charge in [0.25, 0.3) is 0 Å². The highest BCUT2D eigenvalue weighted by Crippen LogP contribution is 2.44. The van der Waals surface area contributed by atoms with E-state index in [1.165, 1.54) is 11.8 Å². The number of carbonyl (C=O) groups excluding carboxylic acids is 1.